The number of benzene rings is 10. The molecule has 17 rings (SSSR count). The lowest BCUT2D eigenvalue weighted by atomic mass is 9.42. The molecule has 0 saturated heterocycles. The molecule has 2 aromatic heterocycles. The fourth-order valence-electron chi connectivity index (χ4n) is 15.5. The molecule has 4 fully saturated rings. The van der Waals surface area contributed by atoms with Crippen LogP contribution < -0.4 is 14.5 Å². The van der Waals surface area contributed by atoms with Gasteiger partial charge in [0.25, 0.3) is 0 Å². The smallest absolute Gasteiger partial charge is 0.137 e. The number of hydrogen-bond acceptors (Lipinski definition) is 4. The van der Waals surface area contributed by atoms with Gasteiger partial charge in [-0.3, -0.25) is 4.57 Å². The summed E-state index contributed by atoms with van der Waals surface area (Å²) in [7, 11) is 0. The van der Waals surface area contributed by atoms with E-state index in [0.717, 1.165) is 68.4 Å². The van der Waals surface area contributed by atoms with E-state index in [-0.39, 0.29) is 5.41 Å². The number of ether oxygens (including phenoxy) is 1. The quantitative estimate of drug-likeness (QED) is 0.137. The summed E-state index contributed by atoms with van der Waals surface area (Å²) in [5, 5.41) is 5.09. The molecule has 0 unspecified atom stereocenters. The summed E-state index contributed by atoms with van der Waals surface area (Å²) in [5.74, 6) is 5.34. The first-order valence-electron chi connectivity index (χ1n) is 28.4. The molecule has 4 bridgehead atoms. The number of nitrogens with zero attached hydrogens (tertiary/aromatic N) is 4. The minimum atomic E-state index is -0.0944. The van der Waals surface area contributed by atoms with Crippen molar-refractivity contribution in [1.29, 1.82) is 0 Å². The van der Waals surface area contributed by atoms with Gasteiger partial charge < -0.3 is 14.5 Å². The van der Waals surface area contributed by atoms with Crippen LogP contribution >= 0.6 is 0 Å². The maximum absolute atomic E-state index is 7.21. The molecule has 10 aromatic carbocycles. The molecule has 0 spiro atoms. The Kier molecular flexibility index (Phi) is 10.8. The Labute approximate surface area is 461 Å². The van der Waals surface area contributed by atoms with E-state index >= 15 is 0 Å². The van der Waals surface area contributed by atoms with Gasteiger partial charge in [-0.2, -0.15) is 0 Å². The van der Waals surface area contributed by atoms with E-state index in [1.807, 2.05) is 0 Å². The molecule has 0 amide bonds. The molecule has 12 aromatic rings. The predicted octanol–water partition coefficient (Wildman–Crippen LogP) is 19.1. The average molecular weight is 1020 g/mol. The van der Waals surface area contributed by atoms with Crippen LogP contribution in [0.15, 0.2) is 255 Å². The summed E-state index contributed by atoms with van der Waals surface area (Å²) in [6.07, 6.45) is 8.72. The van der Waals surface area contributed by atoms with E-state index < -0.39 is 0 Å². The second-order valence-corrected chi connectivity index (χ2v) is 22.7. The van der Waals surface area contributed by atoms with Crippen LogP contribution in [-0.2, 0) is 5.41 Å². The average Bonchev–Trinajstić information content (AvgIpc) is 4.23. The molecule has 4 aliphatic carbocycles. The lowest BCUT2D eigenvalue weighted by molar-refractivity contribution is -0.0412. The van der Waals surface area contributed by atoms with E-state index in [2.05, 4.69) is 269 Å². The van der Waals surface area contributed by atoms with Gasteiger partial charge in [-0.25, -0.2) is 4.98 Å². The number of rotatable bonds is 10. The van der Waals surface area contributed by atoms with Gasteiger partial charge in [0.1, 0.15) is 24.0 Å². The molecule has 0 N–H and O–H groups in total. The molecule has 380 valence electrons. The van der Waals surface area contributed by atoms with E-state index in [1.54, 1.807) is 0 Å². The van der Waals surface area contributed by atoms with Crippen molar-refractivity contribution >= 4 is 55.3 Å². The zero-order chi connectivity index (χ0) is 52.0. The van der Waals surface area contributed by atoms with Crippen LogP contribution in [-0.4, -0.2) is 16.2 Å². The van der Waals surface area contributed by atoms with Crippen LogP contribution in [0, 0.1) is 23.7 Å². The van der Waals surface area contributed by atoms with Crippen molar-refractivity contribution in [2.75, 3.05) is 16.5 Å². The summed E-state index contributed by atoms with van der Waals surface area (Å²) in [5.41, 5.74) is 16.5. The van der Waals surface area contributed by atoms with E-state index in [0.29, 0.717) is 18.5 Å². The Bertz CT molecular complexity index is 4210. The van der Waals surface area contributed by atoms with Gasteiger partial charge in [-0.15, -0.1) is 0 Å². The van der Waals surface area contributed by atoms with Gasteiger partial charge >= 0.3 is 0 Å². The number of para-hydroxylation sites is 4. The third kappa shape index (κ3) is 7.47. The lowest BCUT2D eigenvalue weighted by Gasteiger charge is -2.62. The number of anilines is 4. The van der Waals surface area contributed by atoms with Gasteiger partial charge in [0.2, 0.25) is 0 Å². The summed E-state index contributed by atoms with van der Waals surface area (Å²) in [6.45, 7) is 0.600. The molecule has 5 heteroatoms. The second-order valence-electron chi connectivity index (χ2n) is 22.7. The zero-order valence-electron chi connectivity index (χ0n) is 44.0. The lowest BCUT2D eigenvalue weighted by Crippen LogP contribution is -2.56. The van der Waals surface area contributed by atoms with Gasteiger partial charge in [0.05, 0.1) is 28.1 Å². The predicted molar refractivity (Wildman–Crippen MR) is 325 cm³/mol. The number of fused-ring (bicyclic) bond motifs is 5. The van der Waals surface area contributed by atoms with Crippen LogP contribution in [0.5, 0.6) is 11.5 Å². The van der Waals surface area contributed by atoms with Crippen molar-refractivity contribution in [2.45, 2.75) is 37.5 Å². The Balaban J connectivity index is 0.819. The summed E-state index contributed by atoms with van der Waals surface area (Å²) >= 11 is 0. The summed E-state index contributed by atoms with van der Waals surface area (Å²) in [4.78, 5) is 10.2. The minimum absolute atomic E-state index is 0.0944. The van der Waals surface area contributed by atoms with Gasteiger partial charge in [-0.05, 0) is 155 Å². The number of hydrogen-bond donors (Lipinski definition) is 0. The highest BCUT2D eigenvalue weighted by Gasteiger charge is 2.59. The van der Waals surface area contributed by atoms with Crippen molar-refractivity contribution in [3.05, 3.63) is 266 Å². The molecule has 3 heterocycles. The summed E-state index contributed by atoms with van der Waals surface area (Å²) < 4.78 is 9.61. The van der Waals surface area contributed by atoms with Crippen LogP contribution in [0.1, 0.15) is 43.2 Å². The Hall–Kier alpha value is -9.19. The SMILES string of the molecule is c1ccc(-c2cc(Oc3ccc4c5ccccc5n(-c5cc(C6(c7cccc8ccccc78)C7CC8CC(C7)CC6C8)ccn5)c4c3)cc(N3CN(c4c(-c5ccccc5)cccc4-c4ccccc4)c4ccccc43)c2)cc1. The molecule has 79 heavy (non-hydrogen) atoms. The standard InChI is InChI=1S/C74H58N4O/c1-4-18-51(19-5-1)55-43-59(76-48-77(70-33-15-14-32-69(70)76)73-63(53-20-6-2-7-21-53)28-17-29-64(73)54-22-8-3-9-23-54)46-61(44-55)79-60-34-35-66-65-27-12-13-31-68(65)78(71(66)47-60)72-45-56(36-37-75-72)74(57-39-49-38-50(41-57)42-58(74)40-49)67-30-16-25-52-24-10-11-26-62(52)67/h1-37,43-47,49-50,57-58H,38-42,48H2. The van der Waals surface area contributed by atoms with Crippen LogP contribution in [0.3, 0.4) is 0 Å². The highest BCUT2D eigenvalue weighted by atomic mass is 16.5. The summed E-state index contributed by atoms with van der Waals surface area (Å²) in [6, 6.07) is 91.0. The molecule has 5 aliphatic rings. The van der Waals surface area contributed by atoms with E-state index in [4.69, 9.17) is 9.72 Å². The highest BCUT2D eigenvalue weighted by molar-refractivity contribution is 6.09. The molecule has 4 saturated carbocycles. The van der Waals surface area contributed by atoms with Gasteiger partial charge in [0, 0.05) is 51.3 Å². The Morgan fingerprint density at radius 2 is 1.01 bits per heavy atom. The van der Waals surface area contributed by atoms with E-state index in [1.165, 1.54) is 92.7 Å². The van der Waals surface area contributed by atoms with Gasteiger partial charge in [-0.1, -0.05) is 182 Å². The third-order valence-corrected chi connectivity index (χ3v) is 18.5. The van der Waals surface area contributed by atoms with Gasteiger partial charge in [0.15, 0.2) is 0 Å². The molecule has 0 atom stereocenters. The second kappa shape index (κ2) is 18.5. The largest absolute Gasteiger partial charge is 0.457 e. The van der Waals surface area contributed by atoms with Crippen LogP contribution in [0.25, 0.3) is 71.8 Å². The van der Waals surface area contributed by atoms with Crippen molar-refractivity contribution in [3.63, 3.8) is 0 Å². The first kappa shape index (κ1) is 46.0. The first-order valence-corrected chi connectivity index (χ1v) is 28.4. The topological polar surface area (TPSA) is 33.5 Å². The zero-order valence-corrected chi connectivity index (χ0v) is 44.0. The molecular weight excluding hydrogens is 961 g/mol. The van der Waals surface area contributed by atoms with Crippen molar-refractivity contribution in [1.82, 2.24) is 9.55 Å². The van der Waals surface area contributed by atoms with Crippen molar-refractivity contribution < 1.29 is 4.74 Å². The Morgan fingerprint density at radius 3 is 1.73 bits per heavy atom. The fourth-order valence-corrected chi connectivity index (χ4v) is 15.5. The maximum Gasteiger partial charge on any atom is 0.137 e. The molecule has 1 aliphatic heterocycles. The first-order chi connectivity index (χ1) is 39.1. The van der Waals surface area contributed by atoms with Crippen molar-refractivity contribution in [3.8, 4) is 50.7 Å². The minimum Gasteiger partial charge on any atom is -0.457 e. The Morgan fingerprint density at radius 1 is 0.418 bits per heavy atom. The molecular formula is C74H58N4O. The normalized spacial score (nSPS) is 20.1. The van der Waals surface area contributed by atoms with E-state index in [9.17, 15) is 0 Å². The fraction of sp³-hybridized carbons (Fsp3) is 0.149. The number of pyridine rings is 1. The van der Waals surface area contributed by atoms with Crippen LogP contribution in [0.4, 0.5) is 22.7 Å². The number of aromatic nitrogens is 2. The molecule has 5 nitrogen and oxygen atoms in total. The third-order valence-electron chi connectivity index (χ3n) is 18.5. The van der Waals surface area contributed by atoms with Crippen molar-refractivity contribution in [2.24, 2.45) is 23.7 Å². The maximum atomic E-state index is 7.21. The highest BCUT2D eigenvalue weighted by Crippen LogP contribution is 2.66. The molecule has 0 radical (unpaired) electrons. The van der Waals surface area contributed by atoms with Crippen LogP contribution in [0.2, 0.25) is 0 Å². The monoisotopic (exact) mass is 1020 g/mol.